The summed E-state index contributed by atoms with van der Waals surface area (Å²) in [6, 6.07) is 5.91. The van der Waals surface area contributed by atoms with Gasteiger partial charge in [0.2, 0.25) is 5.91 Å². The number of hydrogen-bond acceptors (Lipinski definition) is 4. The van der Waals surface area contributed by atoms with E-state index in [1.165, 1.54) is 12.0 Å². The highest BCUT2D eigenvalue weighted by atomic mass is 16.5. The molecule has 0 aliphatic rings. The summed E-state index contributed by atoms with van der Waals surface area (Å²) in [5.41, 5.74) is 2.09. The molecule has 1 aromatic carbocycles. The summed E-state index contributed by atoms with van der Waals surface area (Å²) in [4.78, 5) is 24.7. The van der Waals surface area contributed by atoms with Crippen LogP contribution in [-0.4, -0.2) is 43.6 Å². The Morgan fingerprint density at radius 3 is 2.33 bits per heavy atom. The molecule has 0 atom stereocenters. The fourth-order valence-corrected chi connectivity index (χ4v) is 2.02. The first-order valence-electron chi connectivity index (χ1n) is 7.03. The number of esters is 1. The molecular weight excluding hydrogens is 270 g/mol. The molecule has 0 saturated heterocycles. The predicted octanol–water partition coefficient (Wildman–Crippen LogP) is 2.09. The molecule has 0 radical (unpaired) electrons. The maximum atomic E-state index is 12.0. The minimum Gasteiger partial charge on any atom is -0.493 e. The first-order valence-corrected chi connectivity index (χ1v) is 7.03. The number of benzene rings is 1. The van der Waals surface area contributed by atoms with E-state index in [2.05, 4.69) is 4.74 Å². The Morgan fingerprint density at radius 1 is 1.19 bits per heavy atom. The maximum Gasteiger partial charge on any atom is 0.325 e. The van der Waals surface area contributed by atoms with E-state index < -0.39 is 5.97 Å². The highest BCUT2D eigenvalue weighted by Gasteiger charge is 2.16. The number of hydrogen-bond donors (Lipinski definition) is 0. The molecular formula is C16H23NO4. The van der Waals surface area contributed by atoms with Gasteiger partial charge in [-0.2, -0.15) is 0 Å². The highest BCUT2D eigenvalue weighted by Crippen LogP contribution is 2.22. The van der Waals surface area contributed by atoms with Crippen molar-refractivity contribution in [3.8, 4) is 5.75 Å². The number of ether oxygens (including phenoxy) is 2. The van der Waals surface area contributed by atoms with Crippen molar-refractivity contribution < 1.29 is 19.1 Å². The lowest BCUT2D eigenvalue weighted by Crippen LogP contribution is -2.36. The summed E-state index contributed by atoms with van der Waals surface area (Å²) in [5, 5.41) is 0. The minimum absolute atomic E-state index is 0.0186. The third kappa shape index (κ3) is 5.10. The molecule has 0 aromatic heterocycles. The second-order valence-electron chi connectivity index (χ2n) is 4.80. The predicted molar refractivity (Wildman–Crippen MR) is 80.3 cm³/mol. The van der Waals surface area contributed by atoms with E-state index in [1.807, 2.05) is 39.0 Å². The molecule has 0 aliphatic carbocycles. The van der Waals surface area contributed by atoms with Gasteiger partial charge in [0.05, 0.1) is 20.1 Å². The average Bonchev–Trinajstić information content (AvgIpc) is 2.47. The maximum absolute atomic E-state index is 12.0. The summed E-state index contributed by atoms with van der Waals surface area (Å²) < 4.78 is 10.3. The van der Waals surface area contributed by atoms with Crippen molar-refractivity contribution in [1.29, 1.82) is 0 Å². The molecule has 116 valence electrons. The van der Waals surface area contributed by atoms with Gasteiger partial charge in [-0.05, 0) is 31.9 Å². The highest BCUT2D eigenvalue weighted by molar-refractivity contribution is 5.82. The van der Waals surface area contributed by atoms with Gasteiger partial charge >= 0.3 is 5.97 Å². The van der Waals surface area contributed by atoms with Crippen molar-refractivity contribution in [3.05, 3.63) is 29.3 Å². The van der Waals surface area contributed by atoms with Gasteiger partial charge in [-0.3, -0.25) is 9.59 Å². The van der Waals surface area contributed by atoms with Gasteiger partial charge in [-0.25, -0.2) is 0 Å². The molecule has 5 nitrogen and oxygen atoms in total. The van der Waals surface area contributed by atoms with Crippen LogP contribution in [0.4, 0.5) is 0 Å². The first-order chi connectivity index (χ1) is 9.99. The van der Waals surface area contributed by atoms with Crippen LogP contribution in [0.1, 0.15) is 24.5 Å². The van der Waals surface area contributed by atoms with Crippen LogP contribution in [0.2, 0.25) is 0 Å². The van der Waals surface area contributed by atoms with Gasteiger partial charge in [0.25, 0.3) is 0 Å². The van der Waals surface area contributed by atoms with Gasteiger partial charge in [0.1, 0.15) is 12.3 Å². The number of nitrogens with zero attached hydrogens (tertiary/aromatic N) is 1. The summed E-state index contributed by atoms with van der Waals surface area (Å²) in [7, 11) is 1.31. The fraction of sp³-hybridized carbons (Fsp3) is 0.500. The van der Waals surface area contributed by atoms with Crippen molar-refractivity contribution in [1.82, 2.24) is 4.90 Å². The van der Waals surface area contributed by atoms with Crippen LogP contribution in [0.5, 0.6) is 5.75 Å². The topological polar surface area (TPSA) is 55.8 Å². The van der Waals surface area contributed by atoms with Crippen molar-refractivity contribution in [2.75, 3.05) is 26.8 Å². The Balaban J connectivity index is 2.50. The molecule has 0 saturated carbocycles. The van der Waals surface area contributed by atoms with E-state index in [9.17, 15) is 9.59 Å². The largest absolute Gasteiger partial charge is 0.493 e. The normalized spacial score (nSPS) is 10.1. The monoisotopic (exact) mass is 293 g/mol. The van der Waals surface area contributed by atoms with E-state index in [0.29, 0.717) is 13.2 Å². The van der Waals surface area contributed by atoms with Crippen LogP contribution in [0.3, 0.4) is 0 Å². The molecule has 1 aromatic rings. The number of amides is 1. The van der Waals surface area contributed by atoms with Crippen LogP contribution < -0.4 is 4.74 Å². The number of carbonyl (C=O) groups excluding carboxylic acids is 2. The van der Waals surface area contributed by atoms with E-state index >= 15 is 0 Å². The van der Waals surface area contributed by atoms with Crippen molar-refractivity contribution >= 4 is 11.9 Å². The Labute approximate surface area is 125 Å². The number of rotatable bonds is 7. The van der Waals surface area contributed by atoms with Gasteiger partial charge in [-0.1, -0.05) is 18.2 Å². The minimum atomic E-state index is -0.416. The van der Waals surface area contributed by atoms with E-state index in [4.69, 9.17) is 4.74 Å². The Hall–Kier alpha value is -2.04. The van der Waals surface area contributed by atoms with E-state index in [1.54, 1.807) is 0 Å². The number of methoxy groups -OCH3 is 1. The molecule has 0 aliphatic heterocycles. The molecule has 0 heterocycles. The van der Waals surface area contributed by atoms with Crippen LogP contribution in [0.25, 0.3) is 0 Å². The Morgan fingerprint density at radius 2 is 1.81 bits per heavy atom. The number of aryl methyl sites for hydroxylation is 2. The molecule has 0 N–H and O–H groups in total. The van der Waals surface area contributed by atoms with Crippen molar-refractivity contribution in [2.24, 2.45) is 0 Å². The molecule has 0 bridgehead atoms. The van der Waals surface area contributed by atoms with E-state index in [-0.39, 0.29) is 18.9 Å². The van der Waals surface area contributed by atoms with Crippen LogP contribution in [0, 0.1) is 13.8 Å². The lowest BCUT2D eigenvalue weighted by Gasteiger charge is -2.19. The zero-order valence-electron chi connectivity index (χ0n) is 13.1. The Kier molecular flexibility index (Phi) is 6.72. The van der Waals surface area contributed by atoms with Crippen LogP contribution in [-0.2, 0) is 14.3 Å². The number of likely N-dealkylation sites (N-methyl/N-ethyl adjacent to an activating group) is 1. The lowest BCUT2D eigenvalue weighted by molar-refractivity contribution is -0.147. The molecule has 0 fully saturated rings. The number of para-hydroxylation sites is 1. The molecule has 21 heavy (non-hydrogen) atoms. The fourth-order valence-electron chi connectivity index (χ4n) is 2.02. The molecule has 0 spiro atoms. The smallest absolute Gasteiger partial charge is 0.325 e. The second kappa shape index (κ2) is 8.29. The molecule has 1 rings (SSSR count). The van der Waals surface area contributed by atoms with E-state index in [0.717, 1.165) is 16.9 Å². The van der Waals surface area contributed by atoms with Crippen LogP contribution >= 0.6 is 0 Å². The first kappa shape index (κ1) is 17.0. The van der Waals surface area contributed by atoms with Gasteiger partial charge in [0.15, 0.2) is 0 Å². The summed E-state index contributed by atoms with van der Waals surface area (Å²) in [6.45, 7) is 6.52. The summed E-state index contributed by atoms with van der Waals surface area (Å²) >= 11 is 0. The SMILES string of the molecule is CCN(CC(=O)OC)C(=O)CCOc1c(C)cccc1C. The zero-order chi connectivity index (χ0) is 15.8. The number of carbonyl (C=O) groups is 2. The average molecular weight is 293 g/mol. The lowest BCUT2D eigenvalue weighted by atomic mass is 10.1. The Bertz CT molecular complexity index is 479. The quantitative estimate of drug-likeness (QED) is 0.722. The van der Waals surface area contributed by atoms with Gasteiger partial charge in [-0.15, -0.1) is 0 Å². The zero-order valence-corrected chi connectivity index (χ0v) is 13.1. The standard InChI is InChI=1S/C16H23NO4/c1-5-17(11-15(19)20-4)14(18)9-10-21-16-12(2)7-6-8-13(16)3/h6-8H,5,9-11H2,1-4H3. The molecule has 0 unspecified atom stereocenters. The van der Waals surface area contributed by atoms with Gasteiger partial charge < -0.3 is 14.4 Å². The van der Waals surface area contributed by atoms with Crippen molar-refractivity contribution in [3.63, 3.8) is 0 Å². The van der Waals surface area contributed by atoms with Crippen molar-refractivity contribution in [2.45, 2.75) is 27.2 Å². The summed E-state index contributed by atoms with van der Waals surface area (Å²) in [5.74, 6) is 0.288. The molecule has 5 heteroatoms. The van der Waals surface area contributed by atoms with Crippen LogP contribution in [0.15, 0.2) is 18.2 Å². The van der Waals surface area contributed by atoms with Gasteiger partial charge in [0, 0.05) is 6.54 Å². The summed E-state index contributed by atoms with van der Waals surface area (Å²) in [6.07, 6.45) is 0.235. The third-order valence-electron chi connectivity index (χ3n) is 3.25. The molecule has 1 amide bonds. The second-order valence-corrected chi connectivity index (χ2v) is 4.80. The third-order valence-corrected chi connectivity index (χ3v) is 3.25.